The minimum atomic E-state index is -3.44. The zero-order chi connectivity index (χ0) is 23.0. The summed E-state index contributed by atoms with van der Waals surface area (Å²) in [4.78, 5) is 21.4. The predicted molar refractivity (Wildman–Crippen MR) is 127 cm³/mol. The fourth-order valence-corrected chi connectivity index (χ4v) is 6.51. The van der Waals surface area contributed by atoms with Crippen LogP contribution in [0, 0.1) is 5.92 Å². The Morgan fingerprint density at radius 1 is 1.12 bits per heavy atom. The Balaban J connectivity index is 1.25. The second kappa shape index (κ2) is 8.78. The lowest BCUT2D eigenvalue weighted by molar-refractivity contribution is -0.119. The van der Waals surface area contributed by atoms with Gasteiger partial charge in [-0.05, 0) is 41.0 Å². The number of nitrogens with zero attached hydrogens (tertiary/aromatic N) is 2. The standard InChI is InChI=1S/C25H22N2O4S2/c28-14-19-13-26-12-18-2-1-16(9-21(18)19)10-24(29)23-11-22(23)17-3-5-20(6-4-17)33(30,31)15-25-27-7-8-32-25/h1-9,12-13,22-23,28H,10-11,14-15H2/t22?,23-/m1/s1. The molecule has 4 aromatic rings. The van der Waals surface area contributed by atoms with E-state index in [-0.39, 0.29) is 34.9 Å². The van der Waals surface area contributed by atoms with Crippen LogP contribution < -0.4 is 0 Å². The van der Waals surface area contributed by atoms with Crippen LogP contribution in [0.3, 0.4) is 0 Å². The molecule has 0 aliphatic heterocycles. The van der Waals surface area contributed by atoms with Gasteiger partial charge in [0.25, 0.3) is 0 Å². The first-order valence-corrected chi connectivity index (χ1v) is 13.2. The smallest absolute Gasteiger partial charge is 0.184 e. The van der Waals surface area contributed by atoms with E-state index < -0.39 is 9.84 Å². The molecule has 1 fully saturated rings. The van der Waals surface area contributed by atoms with Crippen LogP contribution in [0.1, 0.15) is 34.0 Å². The largest absolute Gasteiger partial charge is 0.392 e. The van der Waals surface area contributed by atoms with E-state index in [9.17, 15) is 18.3 Å². The molecule has 0 radical (unpaired) electrons. The number of fused-ring (bicyclic) bond motifs is 1. The molecular weight excluding hydrogens is 456 g/mol. The molecule has 1 N–H and O–H groups in total. The van der Waals surface area contributed by atoms with E-state index in [0.717, 1.165) is 33.9 Å². The van der Waals surface area contributed by atoms with Gasteiger partial charge in [0.1, 0.15) is 16.5 Å². The second-order valence-corrected chi connectivity index (χ2v) is 11.3. The number of hydrogen-bond donors (Lipinski definition) is 1. The third kappa shape index (κ3) is 4.59. The summed E-state index contributed by atoms with van der Waals surface area (Å²) in [6.45, 7) is -0.0952. The molecule has 2 aromatic carbocycles. The van der Waals surface area contributed by atoms with Crippen molar-refractivity contribution in [2.24, 2.45) is 5.92 Å². The Kier molecular flexibility index (Phi) is 5.82. The molecule has 168 valence electrons. The zero-order valence-corrected chi connectivity index (χ0v) is 19.3. The molecule has 6 nitrogen and oxygen atoms in total. The molecule has 33 heavy (non-hydrogen) atoms. The molecular formula is C25H22N2O4S2. The van der Waals surface area contributed by atoms with E-state index in [1.165, 1.54) is 11.3 Å². The molecule has 0 amide bonds. The molecule has 0 saturated heterocycles. The topological polar surface area (TPSA) is 97.2 Å². The van der Waals surface area contributed by atoms with Crippen LogP contribution in [0.25, 0.3) is 10.8 Å². The van der Waals surface area contributed by atoms with E-state index in [2.05, 4.69) is 9.97 Å². The van der Waals surface area contributed by atoms with Crippen molar-refractivity contribution in [2.75, 3.05) is 0 Å². The van der Waals surface area contributed by atoms with E-state index in [0.29, 0.717) is 11.4 Å². The van der Waals surface area contributed by atoms with Crippen molar-refractivity contribution in [1.29, 1.82) is 0 Å². The molecule has 2 heterocycles. The highest BCUT2D eigenvalue weighted by Crippen LogP contribution is 2.48. The summed E-state index contributed by atoms with van der Waals surface area (Å²) in [5.74, 6) is 0.160. The number of hydrogen-bond acceptors (Lipinski definition) is 7. The fourth-order valence-electron chi connectivity index (χ4n) is 4.25. The minimum absolute atomic E-state index is 0.0479. The van der Waals surface area contributed by atoms with Crippen molar-refractivity contribution in [3.8, 4) is 0 Å². The number of rotatable bonds is 8. The summed E-state index contributed by atoms with van der Waals surface area (Å²) in [6, 6.07) is 12.7. The van der Waals surface area contributed by atoms with Crippen LogP contribution in [0.15, 0.2) is 71.3 Å². The van der Waals surface area contributed by atoms with Gasteiger partial charge in [0.15, 0.2) is 9.84 Å². The summed E-state index contributed by atoms with van der Waals surface area (Å²) in [7, 11) is -3.44. The third-order valence-corrected chi connectivity index (χ3v) is 8.73. The van der Waals surface area contributed by atoms with Crippen molar-refractivity contribution >= 4 is 37.7 Å². The average Bonchev–Trinajstić information content (AvgIpc) is 3.47. The summed E-state index contributed by atoms with van der Waals surface area (Å²) >= 11 is 1.33. The third-order valence-electron chi connectivity index (χ3n) is 6.12. The van der Waals surface area contributed by atoms with E-state index >= 15 is 0 Å². The summed E-state index contributed by atoms with van der Waals surface area (Å²) < 4.78 is 25.2. The number of aliphatic hydroxyl groups is 1. The Hall–Kier alpha value is -2.94. The number of thiazole rings is 1. The van der Waals surface area contributed by atoms with Gasteiger partial charge in [-0.2, -0.15) is 0 Å². The van der Waals surface area contributed by atoms with Gasteiger partial charge in [-0.1, -0.05) is 30.3 Å². The first kappa shape index (κ1) is 21.9. The van der Waals surface area contributed by atoms with Crippen LogP contribution in [0.5, 0.6) is 0 Å². The van der Waals surface area contributed by atoms with E-state index in [1.807, 2.05) is 30.3 Å². The summed E-state index contributed by atoms with van der Waals surface area (Å²) in [5.41, 5.74) is 2.66. The molecule has 5 rings (SSSR count). The first-order chi connectivity index (χ1) is 15.9. The van der Waals surface area contributed by atoms with Gasteiger partial charge in [-0.3, -0.25) is 9.78 Å². The Morgan fingerprint density at radius 2 is 1.94 bits per heavy atom. The number of ketones is 1. The maximum atomic E-state index is 12.9. The van der Waals surface area contributed by atoms with Crippen LogP contribution in [0.4, 0.5) is 0 Å². The quantitative estimate of drug-likeness (QED) is 0.410. The summed E-state index contributed by atoms with van der Waals surface area (Å²) in [6.07, 6.45) is 6.11. The number of carbonyl (C=O) groups excluding carboxylic acids is 1. The maximum Gasteiger partial charge on any atom is 0.184 e. The molecule has 0 bridgehead atoms. The lowest BCUT2D eigenvalue weighted by Gasteiger charge is -2.07. The number of benzene rings is 2. The normalized spacial score (nSPS) is 17.8. The number of aliphatic hydroxyl groups excluding tert-OH is 1. The number of Topliss-reactive ketones (excluding diaryl/α,β-unsaturated/α-hetero) is 1. The van der Waals surface area contributed by atoms with Crippen LogP contribution in [0.2, 0.25) is 0 Å². The van der Waals surface area contributed by atoms with Gasteiger partial charge < -0.3 is 5.11 Å². The highest BCUT2D eigenvalue weighted by Gasteiger charge is 2.43. The van der Waals surface area contributed by atoms with Crippen molar-refractivity contribution < 1.29 is 18.3 Å². The molecule has 0 spiro atoms. The number of sulfone groups is 1. The Labute approximate surface area is 195 Å². The number of carbonyl (C=O) groups is 1. The SMILES string of the molecule is O=C(Cc1ccc2cncc(CO)c2c1)[C@@H]1CC1c1ccc(S(=O)(=O)Cc2nccs2)cc1. The number of aromatic nitrogens is 2. The highest BCUT2D eigenvalue weighted by molar-refractivity contribution is 7.90. The molecule has 8 heteroatoms. The predicted octanol–water partition coefficient (Wildman–Crippen LogP) is 4.07. The van der Waals surface area contributed by atoms with Gasteiger partial charge >= 0.3 is 0 Å². The average molecular weight is 479 g/mol. The molecule has 1 unspecified atom stereocenters. The number of pyridine rings is 1. The minimum Gasteiger partial charge on any atom is -0.392 e. The van der Waals surface area contributed by atoms with Gasteiger partial charge in [0, 0.05) is 47.3 Å². The monoisotopic (exact) mass is 478 g/mol. The molecule has 2 aromatic heterocycles. The maximum absolute atomic E-state index is 12.9. The van der Waals surface area contributed by atoms with Gasteiger partial charge in [-0.15, -0.1) is 11.3 Å². The Morgan fingerprint density at radius 3 is 2.67 bits per heavy atom. The van der Waals surface area contributed by atoms with E-state index in [4.69, 9.17) is 0 Å². The Bertz CT molecular complexity index is 1410. The van der Waals surface area contributed by atoms with Crippen molar-refractivity contribution in [3.05, 3.63) is 88.1 Å². The van der Waals surface area contributed by atoms with Gasteiger partial charge in [0.05, 0.1) is 11.5 Å². The van der Waals surface area contributed by atoms with Crippen LogP contribution in [-0.4, -0.2) is 29.3 Å². The molecule has 1 saturated carbocycles. The molecule has 1 aliphatic rings. The van der Waals surface area contributed by atoms with Gasteiger partial charge in [-0.25, -0.2) is 13.4 Å². The fraction of sp³-hybridized carbons (Fsp3) is 0.240. The van der Waals surface area contributed by atoms with E-state index in [1.54, 1.807) is 36.1 Å². The van der Waals surface area contributed by atoms with Crippen LogP contribution in [-0.2, 0) is 33.4 Å². The zero-order valence-electron chi connectivity index (χ0n) is 17.7. The first-order valence-electron chi connectivity index (χ1n) is 10.6. The second-order valence-electron chi connectivity index (χ2n) is 8.36. The highest BCUT2D eigenvalue weighted by atomic mass is 32.2. The summed E-state index contributed by atoms with van der Waals surface area (Å²) in [5, 5.41) is 13.7. The molecule has 2 atom stereocenters. The van der Waals surface area contributed by atoms with Crippen LogP contribution >= 0.6 is 11.3 Å². The van der Waals surface area contributed by atoms with Crippen molar-refractivity contribution in [1.82, 2.24) is 9.97 Å². The lowest BCUT2D eigenvalue weighted by atomic mass is 9.99. The van der Waals surface area contributed by atoms with Gasteiger partial charge in [0.2, 0.25) is 0 Å². The van der Waals surface area contributed by atoms with Crippen molar-refractivity contribution in [2.45, 2.75) is 36.0 Å². The lowest BCUT2D eigenvalue weighted by Crippen LogP contribution is -2.07. The van der Waals surface area contributed by atoms with Crippen molar-refractivity contribution in [3.63, 3.8) is 0 Å². The molecule has 1 aliphatic carbocycles.